The Morgan fingerprint density at radius 1 is 1.38 bits per heavy atom. The van der Waals surface area contributed by atoms with Gasteiger partial charge in [-0.1, -0.05) is 30.3 Å². The highest BCUT2D eigenvalue weighted by atomic mass is 35.5. The SMILES string of the molecule is CNC1CCCN(C(=O)CCOCc2ccccc2)C1.Cl. The van der Waals surface area contributed by atoms with Crippen LogP contribution in [0, 0.1) is 0 Å². The van der Waals surface area contributed by atoms with Crippen LogP contribution in [0.1, 0.15) is 24.8 Å². The minimum absolute atomic E-state index is 0. The number of benzene rings is 1. The molecule has 1 amide bonds. The third-order valence-electron chi connectivity index (χ3n) is 3.75. The summed E-state index contributed by atoms with van der Waals surface area (Å²) in [4.78, 5) is 14.0. The molecule has 1 N–H and O–H groups in total. The molecule has 0 saturated carbocycles. The average molecular weight is 313 g/mol. The number of amides is 1. The summed E-state index contributed by atoms with van der Waals surface area (Å²) in [5.74, 6) is 0.206. The van der Waals surface area contributed by atoms with Gasteiger partial charge in [-0.15, -0.1) is 12.4 Å². The quantitative estimate of drug-likeness (QED) is 0.819. The van der Waals surface area contributed by atoms with E-state index < -0.39 is 0 Å². The first-order chi connectivity index (χ1) is 9.79. The molecule has 0 bridgehead atoms. The van der Waals surface area contributed by atoms with E-state index in [0.717, 1.165) is 31.5 Å². The van der Waals surface area contributed by atoms with Crippen LogP contribution in [0.15, 0.2) is 30.3 Å². The van der Waals surface area contributed by atoms with Gasteiger partial charge in [0.1, 0.15) is 0 Å². The molecule has 4 nitrogen and oxygen atoms in total. The highest BCUT2D eigenvalue weighted by Crippen LogP contribution is 2.11. The lowest BCUT2D eigenvalue weighted by atomic mass is 10.1. The molecule has 118 valence electrons. The monoisotopic (exact) mass is 312 g/mol. The highest BCUT2D eigenvalue weighted by molar-refractivity contribution is 5.85. The molecule has 5 heteroatoms. The van der Waals surface area contributed by atoms with E-state index >= 15 is 0 Å². The number of rotatable bonds is 6. The van der Waals surface area contributed by atoms with Crippen molar-refractivity contribution in [3.05, 3.63) is 35.9 Å². The lowest BCUT2D eigenvalue weighted by Gasteiger charge is -2.32. The lowest BCUT2D eigenvalue weighted by Crippen LogP contribution is -2.47. The average Bonchev–Trinajstić information content (AvgIpc) is 2.52. The molecule has 0 spiro atoms. The molecule has 0 aromatic heterocycles. The largest absolute Gasteiger partial charge is 0.376 e. The fourth-order valence-electron chi connectivity index (χ4n) is 2.52. The van der Waals surface area contributed by atoms with Gasteiger partial charge in [-0.3, -0.25) is 4.79 Å². The molecule has 1 saturated heterocycles. The predicted octanol–water partition coefficient (Wildman–Crippen LogP) is 2.23. The zero-order chi connectivity index (χ0) is 14.2. The Hall–Kier alpha value is -1.10. The fraction of sp³-hybridized carbons (Fsp3) is 0.562. The molecule has 1 unspecified atom stereocenters. The number of likely N-dealkylation sites (N-methyl/N-ethyl adjacent to an activating group) is 1. The zero-order valence-electron chi connectivity index (χ0n) is 12.6. The summed E-state index contributed by atoms with van der Waals surface area (Å²) in [6.07, 6.45) is 2.72. The van der Waals surface area contributed by atoms with Crippen LogP contribution in [-0.4, -0.2) is 43.6 Å². The van der Waals surface area contributed by atoms with Gasteiger partial charge in [-0.2, -0.15) is 0 Å². The maximum Gasteiger partial charge on any atom is 0.224 e. The number of nitrogens with zero attached hydrogens (tertiary/aromatic N) is 1. The normalized spacial score (nSPS) is 18.1. The van der Waals surface area contributed by atoms with Crippen LogP contribution in [0.5, 0.6) is 0 Å². The van der Waals surface area contributed by atoms with Crippen molar-refractivity contribution < 1.29 is 9.53 Å². The van der Waals surface area contributed by atoms with Gasteiger partial charge in [-0.05, 0) is 25.5 Å². The van der Waals surface area contributed by atoms with Crippen molar-refractivity contribution >= 4 is 18.3 Å². The fourth-order valence-corrected chi connectivity index (χ4v) is 2.52. The third kappa shape index (κ3) is 6.04. The van der Waals surface area contributed by atoms with E-state index in [1.54, 1.807) is 0 Å². The Labute approximate surface area is 133 Å². The number of carbonyl (C=O) groups excluding carboxylic acids is 1. The van der Waals surface area contributed by atoms with Crippen molar-refractivity contribution in [3.8, 4) is 0 Å². The van der Waals surface area contributed by atoms with Gasteiger partial charge in [0.25, 0.3) is 0 Å². The molecule has 1 atom stereocenters. The summed E-state index contributed by atoms with van der Waals surface area (Å²) in [5, 5.41) is 3.25. The van der Waals surface area contributed by atoms with Gasteiger partial charge < -0.3 is 15.0 Å². The number of likely N-dealkylation sites (tertiary alicyclic amines) is 1. The summed E-state index contributed by atoms with van der Waals surface area (Å²) in [6.45, 7) is 2.78. The van der Waals surface area contributed by atoms with Gasteiger partial charge in [0.05, 0.1) is 19.6 Å². The number of ether oxygens (including phenoxy) is 1. The van der Waals surface area contributed by atoms with E-state index in [9.17, 15) is 4.79 Å². The maximum atomic E-state index is 12.1. The maximum absolute atomic E-state index is 12.1. The van der Waals surface area contributed by atoms with Crippen LogP contribution in [0.25, 0.3) is 0 Å². The Morgan fingerprint density at radius 2 is 2.14 bits per heavy atom. The first-order valence-corrected chi connectivity index (χ1v) is 7.36. The van der Waals surface area contributed by atoms with Crippen LogP contribution in [-0.2, 0) is 16.1 Å². The minimum Gasteiger partial charge on any atom is -0.376 e. The molecule has 1 aromatic rings. The Bertz CT molecular complexity index is 414. The number of carbonyl (C=O) groups is 1. The molecule has 1 aliphatic rings. The first-order valence-electron chi connectivity index (χ1n) is 7.36. The molecule has 1 aliphatic heterocycles. The summed E-state index contributed by atoms with van der Waals surface area (Å²) in [7, 11) is 1.96. The van der Waals surface area contributed by atoms with E-state index in [-0.39, 0.29) is 18.3 Å². The molecule has 0 radical (unpaired) electrons. The summed E-state index contributed by atoms with van der Waals surface area (Å²) >= 11 is 0. The van der Waals surface area contributed by atoms with E-state index in [0.29, 0.717) is 25.7 Å². The minimum atomic E-state index is 0. The number of piperidine rings is 1. The molecule has 1 fully saturated rings. The number of halogens is 1. The summed E-state index contributed by atoms with van der Waals surface area (Å²) in [5.41, 5.74) is 1.15. The van der Waals surface area contributed by atoms with E-state index in [2.05, 4.69) is 5.32 Å². The second kappa shape index (κ2) is 9.77. The van der Waals surface area contributed by atoms with Gasteiger partial charge in [0.2, 0.25) is 5.91 Å². The van der Waals surface area contributed by atoms with Crippen molar-refractivity contribution in [2.24, 2.45) is 0 Å². The van der Waals surface area contributed by atoms with Crippen molar-refractivity contribution in [1.82, 2.24) is 10.2 Å². The van der Waals surface area contributed by atoms with Crippen LogP contribution >= 0.6 is 12.4 Å². The summed E-state index contributed by atoms with van der Waals surface area (Å²) in [6, 6.07) is 10.5. The lowest BCUT2D eigenvalue weighted by molar-refractivity contribution is -0.133. The van der Waals surface area contributed by atoms with Crippen molar-refractivity contribution in [3.63, 3.8) is 0 Å². The standard InChI is InChI=1S/C16H24N2O2.ClH/c1-17-15-8-5-10-18(12-15)16(19)9-11-20-13-14-6-3-2-4-7-14;/h2-4,6-7,15,17H,5,8-13H2,1H3;1H. The molecule has 0 aliphatic carbocycles. The van der Waals surface area contributed by atoms with Gasteiger partial charge in [-0.25, -0.2) is 0 Å². The van der Waals surface area contributed by atoms with E-state index in [4.69, 9.17) is 4.74 Å². The van der Waals surface area contributed by atoms with Gasteiger partial charge in [0.15, 0.2) is 0 Å². The second-order valence-electron chi connectivity index (χ2n) is 5.26. The molecule has 2 rings (SSSR count). The highest BCUT2D eigenvalue weighted by Gasteiger charge is 2.21. The van der Waals surface area contributed by atoms with Crippen molar-refractivity contribution in [2.45, 2.75) is 31.9 Å². The number of nitrogens with one attached hydrogen (secondary N) is 1. The third-order valence-corrected chi connectivity index (χ3v) is 3.75. The molecular formula is C16H25ClN2O2. The Morgan fingerprint density at radius 3 is 2.86 bits per heavy atom. The van der Waals surface area contributed by atoms with E-state index in [1.165, 1.54) is 0 Å². The van der Waals surface area contributed by atoms with Gasteiger partial charge >= 0.3 is 0 Å². The predicted molar refractivity (Wildman–Crippen MR) is 86.6 cm³/mol. The van der Waals surface area contributed by atoms with Crippen LogP contribution in [0.4, 0.5) is 0 Å². The molecule has 1 heterocycles. The summed E-state index contributed by atoms with van der Waals surface area (Å²) < 4.78 is 5.57. The zero-order valence-corrected chi connectivity index (χ0v) is 13.4. The van der Waals surface area contributed by atoms with Crippen LogP contribution in [0.2, 0.25) is 0 Å². The second-order valence-corrected chi connectivity index (χ2v) is 5.26. The van der Waals surface area contributed by atoms with Crippen LogP contribution < -0.4 is 5.32 Å². The van der Waals surface area contributed by atoms with Crippen molar-refractivity contribution in [2.75, 3.05) is 26.7 Å². The number of hydrogen-bond donors (Lipinski definition) is 1. The van der Waals surface area contributed by atoms with Crippen molar-refractivity contribution in [1.29, 1.82) is 0 Å². The number of hydrogen-bond acceptors (Lipinski definition) is 3. The molecule has 1 aromatic carbocycles. The van der Waals surface area contributed by atoms with Crippen LogP contribution in [0.3, 0.4) is 0 Å². The van der Waals surface area contributed by atoms with Gasteiger partial charge in [0, 0.05) is 19.1 Å². The Kier molecular flexibility index (Phi) is 8.35. The first kappa shape index (κ1) is 18.0. The topological polar surface area (TPSA) is 41.6 Å². The Balaban J connectivity index is 0.00000220. The molecule has 21 heavy (non-hydrogen) atoms. The molecular weight excluding hydrogens is 288 g/mol. The smallest absolute Gasteiger partial charge is 0.224 e. The van der Waals surface area contributed by atoms with E-state index in [1.807, 2.05) is 42.3 Å².